The second-order valence-corrected chi connectivity index (χ2v) is 15.0. The highest BCUT2D eigenvalue weighted by Crippen LogP contribution is 2.48. The summed E-state index contributed by atoms with van der Waals surface area (Å²) < 4.78 is 20.1. The molecule has 6 rings (SSSR count). The van der Waals surface area contributed by atoms with Crippen LogP contribution in [0.1, 0.15) is 95.1 Å². The van der Waals surface area contributed by atoms with E-state index in [1.807, 2.05) is 0 Å². The molecule has 3 aromatic rings. The lowest BCUT2D eigenvalue weighted by Crippen LogP contribution is -2.46. The SMILES string of the molecule is CC(C)C[C@H](NC1CCC(c2cc(-c3ccc(F)cc3Cl)c3c(c2)N(c2c(Cl)cccc2Cl)C(=O)CC3)CC1)C(=O)OC1CCCC1. The average molecular weight is 700 g/mol. The molecule has 47 heavy (non-hydrogen) atoms. The normalized spacial score (nSPS) is 20.8. The fraction of sp³-hybridized carbons (Fsp3) is 0.474. The maximum absolute atomic E-state index is 14.1. The highest BCUT2D eigenvalue weighted by molar-refractivity contribution is 6.40. The maximum atomic E-state index is 14.1. The molecule has 3 aliphatic rings. The van der Waals surface area contributed by atoms with Gasteiger partial charge >= 0.3 is 5.97 Å². The van der Waals surface area contributed by atoms with E-state index < -0.39 is 5.82 Å². The maximum Gasteiger partial charge on any atom is 0.323 e. The van der Waals surface area contributed by atoms with Gasteiger partial charge in [0.05, 0.1) is 26.4 Å². The molecule has 2 saturated carbocycles. The van der Waals surface area contributed by atoms with Gasteiger partial charge in [0.15, 0.2) is 0 Å². The number of amides is 1. The first kappa shape index (κ1) is 34.2. The number of ether oxygens (including phenoxy) is 1. The van der Waals surface area contributed by atoms with Gasteiger partial charge in [-0.15, -0.1) is 0 Å². The summed E-state index contributed by atoms with van der Waals surface area (Å²) in [5.41, 5.74) is 4.83. The Bertz CT molecular complexity index is 1610. The van der Waals surface area contributed by atoms with Crippen LogP contribution in [0.3, 0.4) is 0 Å². The van der Waals surface area contributed by atoms with Gasteiger partial charge in [0.1, 0.15) is 18.0 Å². The van der Waals surface area contributed by atoms with Crippen LogP contribution in [0.5, 0.6) is 0 Å². The number of esters is 1. The average Bonchev–Trinajstić information content (AvgIpc) is 3.54. The first-order chi connectivity index (χ1) is 22.6. The summed E-state index contributed by atoms with van der Waals surface area (Å²) in [7, 11) is 0. The van der Waals surface area contributed by atoms with Crippen molar-refractivity contribution in [1.82, 2.24) is 5.32 Å². The number of hydrogen-bond donors (Lipinski definition) is 1. The van der Waals surface area contributed by atoms with E-state index in [0.717, 1.165) is 85.7 Å². The Labute approximate surface area is 292 Å². The van der Waals surface area contributed by atoms with Crippen LogP contribution in [0.2, 0.25) is 15.1 Å². The van der Waals surface area contributed by atoms with Crippen LogP contribution in [0.4, 0.5) is 15.8 Å². The van der Waals surface area contributed by atoms with Gasteiger partial charge < -0.3 is 10.1 Å². The standard InChI is InChI=1S/C38H42Cl3FN2O3/c1-22(2)18-34(38(46)47-27-6-3-4-7-27)43-26-13-10-23(11-14-26)24-19-30(28-15-12-25(42)21-33(28)41)29-16-17-36(45)44(35(29)20-24)37-31(39)8-5-9-32(37)40/h5,8-9,12,15,19-23,26-27,34,43H,3-4,6-7,10-11,13-14,16-18H2,1-2H3/t23?,26?,34-/m0/s1. The van der Waals surface area contributed by atoms with E-state index in [9.17, 15) is 14.0 Å². The molecule has 250 valence electrons. The van der Waals surface area contributed by atoms with Gasteiger partial charge in [0.25, 0.3) is 0 Å². The van der Waals surface area contributed by atoms with Crippen molar-refractivity contribution in [1.29, 1.82) is 0 Å². The van der Waals surface area contributed by atoms with Crippen molar-refractivity contribution in [2.24, 2.45) is 5.92 Å². The molecule has 2 fully saturated rings. The third kappa shape index (κ3) is 7.67. The molecule has 1 heterocycles. The third-order valence-corrected chi connectivity index (χ3v) is 10.8. The fourth-order valence-corrected chi connectivity index (χ4v) is 8.42. The van der Waals surface area contributed by atoms with Crippen molar-refractivity contribution in [3.63, 3.8) is 0 Å². The number of carbonyl (C=O) groups excluding carboxylic acids is 2. The summed E-state index contributed by atoms with van der Waals surface area (Å²) in [6.45, 7) is 4.28. The minimum atomic E-state index is -0.405. The van der Waals surface area contributed by atoms with Gasteiger partial charge in [-0.3, -0.25) is 14.5 Å². The molecule has 0 radical (unpaired) electrons. The first-order valence-electron chi connectivity index (χ1n) is 16.9. The Hall–Kier alpha value is -2.64. The molecule has 5 nitrogen and oxygen atoms in total. The van der Waals surface area contributed by atoms with E-state index in [1.165, 1.54) is 12.1 Å². The molecule has 0 saturated heterocycles. The largest absolute Gasteiger partial charge is 0.461 e. The second kappa shape index (κ2) is 14.9. The number of rotatable bonds is 9. The number of para-hydroxylation sites is 1. The van der Waals surface area contributed by atoms with E-state index in [0.29, 0.717) is 33.1 Å². The van der Waals surface area contributed by atoms with E-state index in [4.69, 9.17) is 39.5 Å². The van der Waals surface area contributed by atoms with Crippen LogP contribution < -0.4 is 10.2 Å². The molecule has 1 amide bonds. The number of carbonyl (C=O) groups is 2. The number of nitrogens with zero attached hydrogens (tertiary/aromatic N) is 1. The Morgan fingerprint density at radius 3 is 2.28 bits per heavy atom. The van der Waals surface area contributed by atoms with Crippen molar-refractivity contribution in [2.45, 2.75) is 109 Å². The lowest BCUT2D eigenvalue weighted by molar-refractivity contribution is -0.152. The Balaban J connectivity index is 1.30. The minimum Gasteiger partial charge on any atom is -0.461 e. The van der Waals surface area contributed by atoms with Gasteiger partial charge in [0.2, 0.25) is 5.91 Å². The van der Waals surface area contributed by atoms with Crippen molar-refractivity contribution >= 4 is 58.1 Å². The van der Waals surface area contributed by atoms with E-state index >= 15 is 0 Å². The highest BCUT2D eigenvalue weighted by atomic mass is 35.5. The number of nitrogens with one attached hydrogen (secondary N) is 1. The van der Waals surface area contributed by atoms with E-state index in [2.05, 4.69) is 31.3 Å². The van der Waals surface area contributed by atoms with Crippen LogP contribution in [-0.2, 0) is 20.7 Å². The summed E-state index contributed by atoms with van der Waals surface area (Å²) in [6, 6.07) is 13.8. The zero-order valence-electron chi connectivity index (χ0n) is 27.0. The molecule has 0 unspecified atom stereocenters. The van der Waals surface area contributed by atoms with Gasteiger partial charge in [-0.1, -0.05) is 60.8 Å². The molecule has 0 spiro atoms. The van der Waals surface area contributed by atoms with Gasteiger partial charge in [-0.2, -0.15) is 0 Å². The molecular weight excluding hydrogens is 658 g/mol. The number of fused-ring (bicyclic) bond motifs is 1. The summed E-state index contributed by atoms with van der Waals surface area (Å²) >= 11 is 20.0. The molecule has 2 aliphatic carbocycles. The zero-order valence-corrected chi connectivity index (χ0v) is 29.2. The molecular formula is C38H42Cl3FN2O3. The molecule has 0 aromatic heterocycles. The third-order valence-electron chi connectivity index (χ3n) is 9.92. The highest BCUT2D eigenvalue weighted by Gasteiger charge is 2.34. The second-order valence-electron chi connectivity index (χ2n) is 13.7. The van der Waals surface area contributed by atoms with E-state index in [1.54, 1.807) is 29.2 Å². The summed E-state index contributed by atoms with van der Waals surface area (Å²) in [4.78, 5) is 28.4. The zero-order chi connectivity index (χ0) is 33.2. The van der Waals surface area contributed by atoms with Gasteiger partial charge in [-0.25, -0.2) is 4.39 Å². The van der Waals surface area contributed by atoms with Crippen molar-refractivity contribution < 1.29 is 18.7 Å². The van der Waals surface area contributed by atoms with Crippen molar-refractivity contribution in [3.05, 3.63) is 80.5 Å². The van der Waals surface area contributed by atoms with Crippen molar-refractivity contribution in [3.8, 4) is 11.1 Å². The number of halogens is 4. The smallest absolute Gasteiger partial charge is 0.323 e. The molecule has 1 aliphatic heterocycles. The van der Waals surface area contributed by atoms with Crippen LogP contribution in [0.15, 0.2) is 48.5 Å². The molecule has 9 heteroatoms. The Morgan fingerprint density at radius 2 is 1.62 bits per heavy atom. The lowest BCUT2D eigenvalue weighted by atomic mass is 9.79. The first-order valence-corrected chi connectivity index (χ1v) is 18.1. The number of benzene rings is 3. The van der Waals surface area contributed by atoms with E-state index in [-0.39, 0.29) is 42.4 Å². The van der Waals surface area contributed by atoms with Crippen LogP contribution in [-0.4, -0.2) is 30.1 Å². The van der Waals surface area contributed by atoms with Crippen LogP contribution in [0.25, 0.3) is 11.1 Å². The van der Waals surface area contributed by atoms with Gasteiger partial charge in [0, 0.05) is 18.0 Å². The molecule has 3 aromatic carbocycles. The lowest BCUT2D eigenvalue weighted by Gasteiger charge is -2.35. The predicted octanol–water partition coefficient (Wildman–Crippen LogP) is 10.6. The Morgan fingerprint density at radius 1 is 0.915 bits per heavy atom. The fourth-order valence-electron chi connectivity index (χ4n) is 7.58. The van der Waals surface area contributed by atoms with Gasteiger partial charge in [-0.05, 0) is 129 Å². The summed E-state index contributed by atoms with van der Waals surface area (Å²) in [5.74, 6) is -0.0342. The monoisotopic (exact) mass is 698 g/mol. The Kier molecular flexibility index (Phi) is 10.8. The molecule has 1 atom stereocenters. The minimum absolute atomic E-state index is 0.0506. The predicted molar refractivity (Wildman–Crippen MR) is 188 cm³/mol. The topological polar surface area (TPSA) is 58.6 Å². The van der Waals surface area contributed by atoms with Crippen LogP contribution in [0, 0.1) is 11.7 Å². The molecule has 0 bridgehead atoms. The number of anilines is 2. The summed E-state index contributed by atoms with van der Waals surface area (Å²) in [5, 5.41) is 4.76. The quantitative estimate of drug-likeness (QED) is 0.226. The number of hydrogen-bond acceptors (Lipinski definition) is 4. The van der Waals surface area contributed by atoms with Crippen LogP contribution >= 0.6 is 34.8 Å². The summed E-state index contributed by atoms with van der Waals surface area (Å²) in [6.07, 6.45) is 9.36. The molecule has 1 N–H and O–H groups in total. The van der Waals surface area contributed by atoms with Crippen molar-refractivity contribution in [2.75, 3.05) is 4.90 Å².